The first-order valence-corrected chi connectivity index (χ1v) is 6.13. The number of hydrogen-bond donors (Lipinski definition) is 2. The first kappa shape index (κ1) is 12.5. The molecule has 0 aromatic carbocycles. The molecule has 2 rings (SSSR count). The molecule has 0 radical (unpaired) electrons. The van der Waals surface area contributed by atoms with E-state index in [9.17, 15) is 10.1 Å². The van der Waals surface area contributed by atoms with E-state index in [1.165, 1.54) is 6.33 Å². The van der Waals surface area contributed by atoms with Crippen LogP contribution in [0.1, 0.15) is 26.7 Å². The summed E-state index contributed by atoms with van der Waals surface area (Å²) in [5.74, 6) is 1.14. The summed E-state index contributed by atoms with van der Waals surface area (Å²) in [6, 6.07) is 0.289. The number of nitrogens with zero attached hydrogens (tertiary/aromatic N) is 3. The molecule has 18 heavy (non-hydrogen) atoms. The number of aromatic nitrogens is 2. The SMILES string of the molecule is CCCNc1ncnc(NC2CC2C)c1[N+](=O)[O-]. The molecule has 1 heterocycles. The van der Waals surface area contributed by atoms with Crippen LogP contribution in [-0.4, -0.2) is 27.5 Å². The van der Waals surface area contributed by atoms with Crippen molar-refractivity contribution in [1.29, 1.82) is 0 Å². The molecule has 1 fully saturated rings. The average Bonchev–Trinajstić information content (AvgIpc) is 3.02. The quantitative estimate of drug-likeness (QED) is 0.593. The lowest BCUT2D eigenvalue weighted by Gasteiger charge is -2.08. The minimum absolute atomic E-state index is 0.0648. The van der Waals surface area contributed by atoms with Gasteiger partial charge >= 0.3 is 5.69 Å². The largest absolute Gasteiger partial charge is 0.364 e. The highest BCUT2D eigenvalue weighted by Gasteiger charge is 2.35. The maximum atomic E-state index is 11.1. The van der Waals surface area contributed by atoms with Crippen molar-refractivity contribution in [2.75, 3.05) is 17.2 Å². The molecule has 1 aromatic heterocycles. The van der Waals surface area contributed by atoms with Crippen molar-refractivity contribution < 1.29 is 4.92 Å². The molecule has 2 N–H and O–H groups in total. The molecule has 7 heteroatoms. The average molecular weight is 251 g/mol. The fourth-order valence-electron chi connectivity index (χ4n) is 1.73. The first-order chi connectivity index (χ1) is 8.63. The van der Waals surface area contributed by atoms with E-state index in [4.69, 9.17) is 0 Å². The van der Waals surface area contributed by atoms with Crippen molar-refractivity contribution in [3.8, 4) is 0 Å². The van der Waals surface area contributed by atoms with Crippen molar-refractivity contribution in [2.45, 2.75) is 32.7 Å². The molecule has 0 bridgehead atoms. The van der Waals surface area contributed by atoms with Crippen LogP contribution in [0.5, 0.6) is 0 Å². The summed E-state index contributed by atoms with van der Waals surface area (Å²) in [7, 11) is 0. The summed E-state index contributed by atoms with van der Waals surface area (Å²) < 4.78 is 0. The van der Waals surface area contributed by atoms with E-state index in [1.54, 1.807) is 0 Å². The standard InChI is InChI=1S/C11H17N5O2/c1-3-4-12-10-9(16(17)18)11(14-6-13-10)15-8-5-7(8)2/h6-8H,3-5H2,1-2H3,(H2,12,13,14,15). The van der Waals surface area contributed by atoms with Crippen LogP contribution in [-0.2, 0) is 0 Å². The highest BCUT2D eigenvalue weighted by molar-refractivity contribution is 5.69. The van der Waals surface area contributed by atoms with Crippen LogP contribution in [0, 0.1) is 16.0 Å². The fourth-order valence-corrected chi connectivity index (χ4v) is 1.73. The van der Waals surface area contributed by atoms with Crippen molar-refractivity contribution in [1.82, 2.24) is 9.97 Å². The van der Waals surface area contributed by atoms with Crippen molar-refractivity contribution in [2.24, 2.45) is 5.92 Å². The van der Waals surface area contributed by atoms with Gasteiger partial charge in [0.05, 0.1) is 4.92 Å². The summed E-state index contributed by atoms with van der Waals surface area (Å²) in [6.07, 6.45) is 3.25. The van der Waals surface area contributed by atoms with E-state index in [2.05, 4.69) is 27.5 Å². The second-order valence-corrected chi connectivity index (χ2v) is 4.57. The third-order valence-electron chi connectivity index (χ3n) is 2.98. The second kappa shape index (κ2) is 5.16. The number of hydrogen-bond acceptors (Lipinski definition) is 6. The topological polar surface area (TPSA) is 93.0 Å². The van der Waals surface area contributed by atoms with Crippen LogP contribution in [0.25, 0.3) is 0 Å². The Labute approximate surface area is 105 Å². The summed E-state index contributed by atoms with van der Waals surface area (Å²) in [6.45, 7) is 4.74. The zero-order valence-corrected chi connectivity index (χ0v) is 10.5. The van der Waals surface area contributed by atoms with Gasteiger partial charge in [0.2, 0.25) is 11.6 Å². The molecule has 1 aromatic rings. The Hall–Kier alpha value is -1.92. The highest BCUT2D eigenvalue weighted by atomic mass is 16.6. The van der Waals surface area contributed by atoms with E-state index in [0.29, 0.717) is 18.3 Å². The van der Waals surface area contributed by atoms with Crippen LogP contribution in [0.15, 0.2) is 6.33 Å². The highest BCUT2D eigenvalue weighted by Crippen LogP contribution is 2.36. The second-order valence-electron chi connectivity index (χ2n) is 4.57. The third kappa shape index (κ3) is 2.66. The van der Waals surface area contributed by atoms with E-state index in [-0.39, 0.29) is 17.5 Å². The molecule has 2 atom stereocenters. The van der Waals surface area contributed by atoms with Crippen LogP contribution < -0.4 is 10.6 Å². The molecule has 0 amide bonds. The molecule has 0 saturated heterocycles. The van der Waals surface area contributed by atoms with Gasteiger partial charge in [-0.25, -0.2) is 9.97 Å². The van der Waals surface area contributed by atoms with Gasteiger partial charge < -0.3 is 10.6 Å². The Kier molecular flexibility index (Phi) is 3.59. The summed E-state index contributed by atoms with van der Waals surface area (Å²) in [4.78, 5) is 18.6. The maximum Gasteiger partial charge on any atom is 0.353 e. The molecule has 1 saturated carbocycles. The van der Waals surface area contributed by atoms with Gasteiger partial charge in [-0.05, 0) is 18.8 Å². The Morgan fingerprint density at radius 2 is 2.17 bits per heavy atom. The molecule has 7 nitrogen and oxygen atoms in total. The Morgan fingerprint density at radius 3 is 2.72 bits per heavy atom. The molecular weight excluding hydrogens is 234 g/mol. The summed E-state index contributed by atoms with van der Waals surface area (Å²) in [5, 5.41) is 17.2. The first-order valence-electron chi connectivity index (χ1n) is 6.13. The third-order valence-corrected chi connectivity index (χ3v) is 2.98. The number of nitro groups is 1. The molecule has 0 aliphatic heterocycles. The monoisotopic (exact) mass is 251 g/mol. The lowest BCUT2D eigenvalue weighted by Crippen LogP contribution is -2.12. The van der Waals surface area contributed by atoms with Crippen molar-refractivity contribution in [3.05, 3.63) is 16.4 Å². The number of nitrogens with one attached hydrogen (secondary N) is 2. The van der Waals surface area contributed by atoms with Crippen molar-refractivity contribution in [3.63, 3.8) is 0 Å². The van der Waals surface area contributed by atoms with Gasteiger partial charge in [-0.1, -0.05) is 13.8 Å². The molecular formula is C11H17N5O2. The van der Waals surface area contributed by atoms with Gasteiger partial charge in [0.25, 0.3) is 0 Å². The molecule has 2 unspecified atom stereocenters. The summed E-state index contributed by atoms with van der Waals surface area (Å²) >= 11 is 0. The predicted octanol–water partition coefficient (Wildman–Crippen LogP) is 2.03. The van der Waals surface area contributed by atoms with Gasteiger partial charge in [0.15, 0.2) is 0 Å². The van der Waals surface area contributed by atoms with Gasteiger partial charge in [0.1, 0.15) is 6.33 Å². The van der Waals surface area contributed by atoms with Gasteiger partial charge in [-0.2, -0.15) is 0 Å². The zero-order valence-electron chi connectivity index (χ0n) is 10.5. The Morgan fingerprint density at radius 1 is 1.50 bits per heavy atom. The van der Waals surface area contributed by atoms with Crippen LogP contribution in [0.2, 0.25) is 0 Å². The van der Waals surface area contributed by atoms with E-state index < -0.39 is 4.92 Å². The fraction of sp³-hybridized carbons (Fsp3) is 0.636. The molecule has 1 aliphatic carbocycles. The zero-order chi connectivity index (χ0) is 13.1. The van der Waals surface area contributed by atoms with Gasteiger partial charge in [0, 0.05) is 12.6 Å². The lowest BCUT2D eigenvalue weighted by molar-refractivity contribution is -0.383. The Bertz CT molecular complexity index is 451. The predicted molar refractivity (Wildman–Crippen MR) is 68.7 cm³/mol. The summed E-state index contributed by atoms with van der Waals surface area (Å²) in [5.41, 5.74) is -0.0648. The van der Waals surface area contributed by atoms with E-state index in [0.717, 1.165) is 12.8 Å². The van der Waals surface area contributed by atoms with E-state index >= 15 is 0 Å². The maximum absolute atomic E-state index is 11.1. The lowest BCUT2D eigenvalue weighted by atomic mass is 10.4. The number of rotatable bonds is 6. The van der Waals surface area contributed by atoms with E-state index in [1.807, 2.05) is 6.92 Å². The minimum atomic E-state index is -0.437. The molecule has 1 aliphatic rings. The van der Waals surface area contributed by atoms with Gasteiger partial charge in [-0.3, -0.25) is 10.1 Å². The Balaban J connectivity index is 2.23. The van der Waals surface area contributed by atoms with Crippen LogP contribution in [0.4, 0.5) is 17.3 Å². The number of anilines is 2. The smallest absolute Gasteiger partial charge is 0.353 e. The van der Waals surface area contributed by atoms with Crippen molar-refractivity contribution >= 4 is 17.3 Å². The molecule has 0 spiro atoms. The molecule has 98 valence electrons. The van der Waals surface area contributed by atoms with Crippen LogP contribution >= 0.6 is 0 Å². The normalized spacial score (nSPS) is 21.4. The van der Waals surface area contributed by atoms with Gasteiger partial charge in [-0.15, -0.1) is 0 Å². The van der Waals surface area contributed by atoms with Crippen LogP contribution in [0.3, 0.4) is 0 Å². The minimum Gasteiger partial charge on any atom is -0.364 e.